The number of hydrogen-bond acceptors (Lipinski definition) is 4. The van der Waals surface area contributed by atoms with E-state index >= 15 is 0 Å². The van der Waals surface area contributed by atoms with E-state index < -0.39 is 17.3 Å². The molecular weight excluding hydrogens is 369 g/mol. The fraction of sp³-hybridized carbons (Fsp3) is 0.300. The molecule has 3 aromatic rings. The summed E-state index contributed by atoms with van der Waals surface area (Å²) in [6.07, 6.45) is -3.66. The standard InChI is InChI=1S/C20H19F3N4O/c1-27(2)16-9-11-5-3-4-6-13(11)17(16)25-19-24-15-10-12(20(21,22)23)7-8-14(15)18(28)26-19/h3-8,10,16-17H,9H2,1-2H3,(H2,24,25,26,28)/t16-,17-/m1/s1. The minimum Gasteiger partial charge on any atom is -0.347 e. The van der Waals surface area contributed by atoms with E-state index in [2.05, 4.69) is 26.3 Å². The molecule has 2 aromatic carbocycles. The molecule has 0 spiro atoms. The van der Waals surface area contributed by atoms with Crippen LogP contribution in [0.25, 0.3) is 10.9 Å². The maximum Gasteiger partial charge on any atom is 0.416 e. The molecule has 4 rings (SSSR count). The highest BCUT2D eigenvalue weighted by atomic mass is 19.4. The number of halogens is 3. The molecule has 0 amide bonds. The summed E-state index contributed by atoms with van der Waals surface area (Å²) < 4.78 is 39.0. The van der Waals surface area contributed by atoms with Gasteiger partial charge in [0.25, 0.3) is 5.56 Å². The molecule has 0 unspecified atom stereocenters. The molecule has 0 saturated heterocycles. The van der Waals surface area contributed by atoms with Crippen molar-refractivity contribution < 1.29 is 13.2 Å². The highest BCUT2D eigenvalue weighted by molar-refractivity contribution is 5.79. The molecule has 1 aromatic heterocycles. The van der Waals surface area contributed by atoms with Gasteiger partial charge in [0.05, 0.1) is 22.5 Å². The van der Waals surface area contributed by atoms with E-state index in [4.69, 9.17) is 0 Å². The third kappa shape index (κ3) is 3.24. The molecule has 1 aliphatic carbocycles. The predicted octanol–water partition coefficient (Wildman–Crippen LogP) is 3.58. The van der Waals surface area contributed by atoms with Crippen molar-refractivity contribution in [3.63, 3.8) is 0 Å². The van der Waals surface area contributed by atoms with Gasteiger partial charge in [-0.05, 0) is 49.8 Å². The molecule has 0 bridgehead atoms. The van der Waals surface area contributed by atoms with Gasteiger partial charge in [-0.25, -0.2) is 4.98 Å². The molecule has 1 aliphatic rings. The molecule has 2 N–H and O–H groups in total. The lowest BCUT2D eigenvalue weighted by molar-refractivity contribution is -0.137. The van der Waals surface area contributed by atoms with Gasteiger partial charge in [0.1, 0.15) is 0 Å². The van der Waals surface area contributed by atoms with Gasteiger partial charge >= 0.3 is 6.18 Å². The van der Waals surface area contributed by atoms with Gasteiger partial charge in [-0.3, -0.25) is 9.78 Å². The minimum atomic E-state index is -4.49. The van der Waals surface area contributed by atoms with Crippen LogP contribution in [0.1, 0.15) is 22.7 Å². The summed E-state index contributed by atoms with van der Waals surface area (Å²) >= 11 is 0. The SMILES string of the molecule is CN(C)[C@@H]1Cc2ccccc2[C@H]1Nc1nc2cc(C(F)(F)F)ccc2c(=O)[nH]1. The molecule has 0 aliphatic heterocycles. The van der Waals surface area contributed by atoms with E-state index in [9.17, 15) is 18.0 Å². The summed E-state index contributed by atoms with van der Waals surface area (Å²) in [5.74, 6) is 0.158. The summed E-state index contributed by atoms with van der Waals surface area (Å²) in [6, 6.07) is 10.9. The monoisotopic (exact) mass is 388 g/mol. The molecule has 0 radical (unpaired) electrons. The number of aromatic nitrogens is 2. The second kappa shape index (κ2) is 6.63. The van der Waals surface area contributed by atoms with E-state index in [1.54, 1.807) is 0 Å². The Morgan fingerprint density at radius 1 is 1.18 bits per heavy atom. The van der Waals surface area contributed by atoms with E-state index in [1.165, 1.54) is 5.56 Å². The van der Waals surface area contributed by atoms with Crippen molar-refractivity contribution in [1.82, 2.24) is 14.9 Å². The quantitative estimate of drug-likeness (QED) is 0.720. The van der Waals surface area contributed by atoms with E-state index in [0.717, 1.165) is 30.2 Å². The van der Waals surface area contributed by atoms with Crippen LogP contribution in [0.2, 0.25) is 0 Å². The summed E-state index contributed by atoms with van der Waals surface area (Å²) in [4.78, 5) is 21.4. The first-order valence-corrected chi connectivity index (χ1v) is 8.86. The van der Waals surface area contributed by atoms with Crippen LogP contribution in [0, 0.1) is 0 Å². The van der Waals surface area contributed by atoms with Gasteiger partial charge in [0, 0.05) is 6.04 Å². The second-order valence-corrected chi connectivity index (χ2v) is 7.20. The first kappa shape index (κ1) is 18.5. The summed E-state index contributed by atoms with van der Waals surface area (Å²) in [5.41, 5.74) is 0.985. The Morgan fingerprint density at radius 2 is 1.93 bits per heavy atom. The van der Waals surface area contributed by atoms with Crippen molar-refractivity contribution in [3.8, 4) is 0 Å². The molecular formula is C20H19F3N4O. The number of alkyl halides is 3. The highest BCUT2D eigenvalue weighted by Gasteiger charge is 2.34. The number of likely N-dealkylation sites (N-methyl/N-ethyl adjacent to an activating group) is 1. The molecule has 0 saturated carbocycles. The third-order valence-electron chi connectivity index (χ3n) is 5.19. The van der Waals surface area contributed by atoms with Crippen LogP contribution < -0.4 is 10.9 Å². The predicted molar refractivity (Wildman–Crippen MR) is 101 cm³/mol. The number of fused-ring (bicyclic) bond motifs is 2. The number of benzene rings is 2. The number of H-pyrrole nitrogens is 1. The first-order chi connectivity index (χ1) is 13.2. The number of aromatic amines is 1. The number of hydrogen-bond donors (Lipinski definition) is 2. The van der Waals surface area contributed by atoms with Crippen LogP contribution in [-0.4, -0.2) is 35.0 Å². The van der Waals surface area contributed by atoms with Crippen molar-refractivity contribution in [3.05, 3.63) is 69.5 Å². The Labute approximate surface area is 159 Å². The van der Waals surface area contributed by atoms with Crippen molar-refractivity contribution in [1.29, 1.82) is 0 Å². The summed E-state index contributed by atoms with van der Waals surface area (Å²) in [7, 11) is 3.94. The van der Waals surface area contributed by atoms with Crippen molar-refractivity contribution in [2.24, 2.45) is 0 Å². The highest BCUT2D eigenvalue weighted by Crippen LogP contribution is 2.36. The van der Waals surface area contributed by atoms with Crippen LogP contribution in [0.3, 0.4) is 0 Å². The van der Waals surface area contributed by atoms with Gasteiger partial charge in [-0.2, -0.15) is 13.2 Å². The van der Waals surface area contributed by atoms with Gasteiger partial charge in [-0.15, -0.1) is 0 Å². The van der Waals surface area contributed by atoms with Crippen molar-refractivity contribution >= 4 is 16.9 Å². The molecule has 1 heterocycles. The lowest BCUT2D eigenvalue weighted by atomic mass is 10.1. The molecule has 28 heavy (non-hydrogen) atoms. The third-order valence-corrected chi connectivity index (χ3v) is 5.19. The average molecular weight is 388 g/mol. The van der Waals surface area contributed by atoms with Gasteiger partial charge < -0.3 is 10.2 Å². The Bertz CT molecular complexity index is 1090. The maximum atomic E-state index is 13.0. The lowest BCUT2D eigenvalue weighted by Gasteiger charge is -2.27. The molecule has 5 nitrogen and oxygen atoms in total. The van der Waals surface area contributed by atoms with Crippen LogP contribution in [0.4, 0.5) is 19.1 Å². The molecule has 2 atom stereocenters. The van der Waals surface area contributed by atoms with E-state index in [1.807, 2.05) is 32.3 Å². The first-order valence-electron chi connectivity index (χ1n) is 8.86. The van der Waals surface area contributed by atoms with Crippen LogP contribution in [0.5, 0.6) is 0 Å². The fourth-order valence-corrected chi connectivity index (χ4v) is 3.76. The van der Waals surface area contributed by atoms with Crippen molar-refractivity contribution in [2.45, 2.75) is 24.7 Å². The maximum absolute atomic E-state index is 13.0. The van der Waals surface area contributed by atoms with Crippen LogP contribution in [-0.2, 0) is 12.6 Å². The number of nitrogens with zero attached hydrogens (tertiary/aromatic N) is 2. The average Bonchev–Trinajstić information content (AvgIpc) is 2.99. The molecule has 146 valence electrons. The van der Waals surface area contributed by atoms with Gasteiger partial charge in [-0.1, -0.05) is 24.3 Å². The fourth-order valence-electron chi connectivity index (χ4n) is 3.76. The largest absolute Gasteiger partial charge is 0.416 e. The Hall–Kier alpha value is -2.87. The lowest BCUT2D eigenvalue weighted by Crippen LogP contribution is -2.35. The zero-order valence-electron chi connectivity index (χ0n) is 15.3. The van der Waals surface area contributed by atoms with Gasteiger partial charge in [0.15, 0.2) is 0 Å². The summed E-state index contributed by atoms with van der Waals surface area (Å²) in [6.45, 7) is 0. The van der Waals surface area contributed by atoms with E-state index in [0.29, 0.717) is 0 Å². The topological polar surface area (TPSA) is 61.0 Å². The minimum absolute atomic E-state index is 0.00811. The van der Waals surface area contributed by atoms with E-state index in [-0.39, 0.29) is 28.9 Å². The Kier molecular flexibility index (Phi) is 4.38. The zero-order valence-corrected chi connectivity index (χ0v) is 15.3. The van der Waals surface area contributed by atoms with Crippen molar-refractivity contribution in [2.75, 3.05) is 19.4 Å². The van der Waals surface area contributed by atoms with Crippen LogP contribution >= 0.6 is 0 Å². The number of nitrogens with one attached hydrogen (secondary N) is 2. The van der Waals surface area contributed by atoms with Gasteiger partial charge in [0.2, 0.25) is 5.95 Å². The number of anilines is 1. The normalized spacial score (nSPS) is 19.2. The molecule has 0 fully saturated rings. The van der Waals surface area contributed by atoms with Crippen LogP contribution in [0.15, 0.2) is 47.3 Å². The number of rotatable bonds is 3. The Morgan fingerprint density at radius 3 is 2.64 bits per heavy atom. The smallest absolute Gasteiger partial charge is 0.347 e. The zero-order chi connectivity index (χ0) is 20.1. The second-order valence-electron chi connectivity index (χ2n) is 7.20. The Balaban J connectivity index is 1.75. The summed E-state index contributed by atoms with van der Waals surface area (Å²) in [5, 5.41) is 3.35. The molecule has 8 heteroatoms.